The second-order valence-corrected chi connectivity index (χ2v) is 8.38. The predicted octanol–water partition coefficient (Wildman–Crippen LogP) is 4.86. The van der Waals surface area contributed by atoms with E-state index >= 15 is 0 Å². The Morgan fingerprint density at radius 3 is 2.29 bits per heavy atom. The summed E-state index contributed by atoms with van der Waals surface area (Å²) in [6.45, 7) is 6.25. The molecule has 2 atom stereocenters. The molecule has 0 spiro atoms. The van der Waals surface area contributed by atoms with Crippen molar-refractivity contribution in [1.29, 1.82) is 0 Å². The van der Waals surface area contributed by atoms with Gasteiger partial charge in [0.25, 0.3) is 11.6 Å². The molecular weight excluding hydrogens is 428 g/mol. The number of carbonyl (C=O) groups excluding carboxylic acids is 1. The van der Waals surface area contributed by atoms with Crippen molar-refractivity contribution in [2.24, 2.45) is 0 Å². The maximum Gasteiger partial charge on any atom is 0.288 e. The van der Waals surface area contributed by atoms with Crippen molar-refractivity contribution in [3.63, 3.8) is 0 Å². The van der Waals surface area contributed by atoms with Crippen LogP contribution in [0.1, 0.15) is 38.9 Å². The molecule has 7 heteroatoms. The fourth-order valence-electron chi connectivity index (χ4n) is 3.99. The van der Waals surface area contributed by atoms with Gasteiger partial charge in [-0.3, -0.25) is 4.79 Å². The van der Waals surface area contributed by atoms with Crippen LogP contribution in [0.3, 0.4) is 0 Å². The Hall–Kier alpha value is -3.71. The third kappa shape index (κ3) is 4.94. The first-order chi connectivity index (χ1) is 16.5. The maximum atomic E-state index is 14.0. The van der Waals surface area contributed by atoms with Crippen LogP contribution in [0.2, 0.25) is 0 Å². The number of ether oxygens (including phenoxy) is 2. The summed E-state index contributed by atoms with van der Waals surface area (Å²) in [5, 5.41) is 11.8. The Kier molecular flexibility index (Phi) is 7.23. The molecule has 0 bridgehead atoms. The molecule has 0 aliphatic rings. The molecule has 1 N–H and O–H groups in total. The average Bonchev–Trinajstić information content (AvgIpc) is 3.29. The summed E-state index contributed by atoms with van der Waals surface area (Å²) < 4.78 is 14.3. The Labute approximate surface area is 199 Å². The van der Waals surface area contributed by atoms with Crippen molar-refractivity contribution in [3.05, 3.63) is 90.5 Å². The molecule has 1 heterocycles. The van der Waals surface area contributed by atoms with Crippen molar-refractivity contribution < 1.29 is 14.3 Å². The molecule has 176 valence electrons. The van der Waals surface area contributed by atoms with Gasteiger partial charge in [0.1, 0.15) is 11.3 Å². The fraction of sp³-hybridized carbons (Fsp3) is 0.296. The highest BCUT2D eigenvalue weighted by atomic mass is 16.5. The standard InChI is InChI=1S/C27H30N4O3/c1-4-33-25(21-13-7-5-8-14-21)19-27(26(32)28-20(2)3,34-22-15-9-6-10-16-22)31-24-18-12-11-17-23(24)29-30-31/h5-18,20,25H,4,19H2,1-3H3,(H,28,32). The number of nitrogens with one attached hydrogen (secondary N) is 1. The Bertz CT molecular complexity index is 1210. The van der Waals surface area contributed by atoms with Gasteiger partial charge in [0, 0.05) is 19.1 Å². The minimum Gasteiger partial charge on any atom is -0.456 e. The summed E-state index contributed by atoms with van der Waals surface area (Å²) in [5.74, 6) is 0.229. The predicted molar refractivity (Wildman–Crippen MR) is 131 cm³/mol. The van der Waals surface area contributed by atoms with E-state index in [9.17, 15) is 4.79 Å². The highest BCUT2D eigenvalue weighted by Gasteiger charge is 2.48. The van der Waals surface area contributed by atoms with Crippen LogP contribution in [-0.2, 0) is 15.3 Å². The lowest BCUT2D eigenvalue weighted by Crippen LogP contribution is -2.56. The molecule has 0 aliphatic carbocycles. The second kappa shape index (κ2) is 10.5. The maximum absolute atomic E-state index is 14.0. The van der Waals surface area contributed by atoms with E-state index in [-0.39, 0.29) is 18.4 Å². The molecule has 4 aromatic rings. The van der Waals surface area contributed by atoms with Crippen molar-refractivity contribution >= 4 is 16.9 Å². The monoisotopic (exact) mass is 458 g/mol. The molecule has 0 aliphatic heterocycles. The molecule has 34 heavy (non-hydrogen) atoms. The highest BCUT2D eigenvalue weighted by Crippen LogP contribution is 2.36. The van der Waals surface area contributed by atoms with Crippen molar-refractivity contribution in [2.45, 2.75) is 45.1 Å². The van der Waals surface area contributed by atoms with E-state index < -0.39 is 11.8 Å². The van der Waals surface area contributed by atoms with Crippen LogP contribution in [0.4, 0.5) is 0 Å². The van der Waals surface area contributed by atoms with Crippen LogP contribution >= 0.6 is 0 Å². The van der Waals surface area contributed by atoms with E-state index in [0.717, 1.165) is 5.56 Å². The van der Waals surface area contributed by atoms with Gasteiger partial charge in [-0.2, -0.15) is 4.68 Å². The van der Waals surface area contributed by atoms with E-state index in [1.165, 1.54) is 0 Å². The lowest BCUT2D eigenvalue weighted by atomic mass is 9.97. The molecule has 2 unspecified atom stereocenters. The van der Waals surface area contributed by atoms with Gasteiger partial charge in [0.2, 0.25) is 0 Å². The van der Waals surface area contributed by atoms with Crippen molar-refractivity contribution in [3.8, 4) is 5.75 Å². The number of para-hydroxylation sites is 2. The summed E-state index contributed by atoms with van der Waals surface area (Å²) in [6.07, 6.45) is -0.234. The smallest absolute Gasteiger partial charge is 0.288 e. The number of hydrogen-bond donors (Lipinski definition) is 1. The zero-order valence-electron chi connectivity index (χ0n) is 19.7. The highest BCUT2D eigenvalue weighted by molar-refractivity contribution is 5.86. The zero-order valence-corrected chi connectivity index (χ0v) is 19.7. The van der Waals surface area contributed by atoms with Crippen LogP contribution < -0.4 is 10.1 Å². The average molecular weight is 459 g/mol. The topological polar surface area (TPSA) is 78.3 Å². The van der Waals surface area contributed by atoms with Gasteiger partial charge >= 0.3 is 0 Å². The van der Waals surface area contributed by atoms with Gasteiger partial charge in [-0.1, -0.05) is 65.9 Å². The Morgan fingerprint density at radius 1 is 0.971 bits per heavy atom. The first-order valence-electron chi connectivity index (χ1n) is 11.6. The third-order valence-corrected chi connectivity index (χ3v) is 5.50. The SMILES string of the molecule is CCOC(CC(Oc1ccccc1)(C(=O)NC(C)C)n1nnc2ccccc21)c1ccccc1. The van der Waals surface area contributed by atoms with Gasteiger partial charge < -0.3 is 14.8 Å². The minimum atomic E-state index is -1.56. The molecule has 1 aromatic heterocycles. The van der Waals surface area contributed by atoms with Crippen molar-refractivity contribution in [1.82, 2.24) is 20.3 Å². The number of amides is 1. The number of carbonyl (C=O) groups is 1. The molecular formula is C27H30N4O3. The van der Waals surface area contributed by atoms with Gasteiger partial charge in [0.15, 0.2) is 0 Å². The van der Waals surface area contributed by atoms with Gasteiger partial charge in [0.05, 0.1) is 11.6 Å². The van der Waals surface area contributed by atoms with Gasteiger partial charge in [-0.05, 0) is 50.6 Å². The Balaban J connectivity index is 1.92. The summed E-state index contributed by atoms with van der Waals surface area (Å²) >= 11 is 0. The summed E-state index contributed by atoms with van der Waals surface area (Å²) in [5.41, 5.74) is 0.763. The van der Waals surface area contributed by atoms with E-state index in [2.05, 4.69) is 15.6 Å². The third-order valence-electron chi connectivity index (χ3n) is 5.50. The minimum absolute atomic E-state index is 0.108. The molecule has 4 rings (SSSR count). The zero-order chi connectivity index (χ0) is 24.0. The second-order valence-electron chi connectivity index (χ2n) is 8.38. The van der Waals surface area contributed by atoms with E-state index in [4.69, 9.17) is 9.47 Å². The fourth-order valence-corrected chi connectivity index (χ4v) is 3.99. The largest absolute Gasteiger partial charge is 0.456 e. The summed E-state index contributed by atoms with van der Waals surface area (Å²) in [6, 6.07) is 26.6. The van der Waals surface area contributed by atoms with Crippen LogP contribution in [0, 0.1) is 0 Å². The first kappa shape index (κ1) is 23.4. The van der Waals surface area contributed by atoms with E-state index in [1.54, 1.807) is 4.68 Å². The van der Waals surface area contributed by atoms with Crippen LogP contribution in [-0.4, -0.2) is 33.5 Å². The molecule has 3 aromatic carbocycles. The number of nitrogens with zero attached hydrogens (tertiary/aromatic N) is 3. The number of rotatable bonds is 10. The molecule has 0 radical (unpaired) electrons. The molecule has 7 nitrogen and oxygen atoms in total. The van der Waals surface area contributed by atoms with Crippen LogP contribution in [0.15, 0.2) is 84.9 Å². The van der Waals surface area contributed by atoms with Gasteiger partial charge in [-0.25, -0.2) is 0 Å². The van der Waals surface area contributed by atoms with Crippen molar-refractivity contribution in [2.75, 3.05) is 6.61 Å². The normalized spacial score (nSPS) is 14.0. The lowest BCUT2D eigenvalue weighted by molar-refractivity contribution is -0.155. The van der Waals surface area contributed by atoms with E-state index in [1.807, 2.05) is 106 Å². The van der Waals surface area contributed by atoms with Gasteiger partial charge in [-0.15, -0.1) is 5.10 Å². The quantitative estimate of drug-likeness (QED) is 0.367. The van der Waals surface area contributed by atoms with Crippen LogP contribution in [0.25, 0.3) is 11.0 Å². The molecule has 0 fully saturated rings. The molecule has 1 amide bonds. The van der Waals surface area contributed by atoms with E-state index in [0.29, 0.717) is 23.4 Å². The summed E-state index contributed by atoms with van der Waals surface area (Å²) in [4.78, 5) is 14.0. The van der Waals surface area contributed by atoms with Crippen LogP contribution in [0.5, 0.6) is 5.75 Å². The first-order valence-corrected chi connectivity index (χ1v) is 11.6. The lowest BCUT2D eigenvalue weighted by Gasteiger charge is -2.36. The molecule has 0 saturated heterocycles. The summed E-state index contributed by atoms with van der Waals surface area (Å²) in [7, 11) is 0. The number of aromatic nitrogens is 3. The molecule has 0 saturated carbocycles. The number of hydrogen-bond acceptors (Lipinski definition) is 5. The number of fused-ring (bicyclic) bond motifs is 1. The number of benzene rings is 3. The Morgan fingerprint density at radius 2 is 1.62 bits per heavy atom.